The molecular weight excluding hydrogens is 270 g/mol. The summed E-state index contributed by atoms with van der Waals surface area (Å²) in [6.45, 7) is 1.82. The summed E-state index contributed by atoms with van der Waals surface area (Å²) >= 11 is 0. The summed E-state index contributed by atoms with van der Waals surface area (Å²) in [6, 6.07) is 5.99. The third-order valence-corrected chi connectivity index (χ3v) is 2.98. The Kier molecular flexibility index (Phi) is 4.19. The predicted molar refractivity (Wildman–Crippen MR) is 76.4 cm³/mol. The number of ether oxygens (including phenoxy) is 1. The normalized spacial score (nSPS) is 15.0. The number of carbonyl (C=O) groups is 3. The second kappa shape index (κ2) is 6.06. The molecule has 0 N–H and O–H groups in total. The first kappa shape index (κ1) is 14.5. The first-order valence-corrected chi connectivity index (χ1v) is 6.40. The maximum atomic E-state index is 11.9. The van der Waals surface area contributed by atoms with Crippen LogP contribution < -0.4 is 4.90 Å². The third-order valence-electron chi connectivity index (χ3n) is 2.98. The van der Waals surface area contributed by atoms with Crippen LogP contribution in [-0.2, 0) is 14.3 Å². The van der Waals surface area contributed by atoms with Crippen LogP contribution in [0.1, 0.15) is 23.7 Å². The summed E-state index contributed by atoms with van der Waals surface area (Å²) in [5.41, 5.74) is 0.704. The van der Waals surface area contributed by atoms with Gasteiger partial charge in [-0.15, -0.1) is 6.42 Å². The molecule has 1 unspecified atom stereocenters. The van der Waals surface area contributed by atoms with E-state index >= 15 is 0 Å². The van der Waals surface area contributed by atoms with Gasteiger partial charge in [0.1, 0.15) is 0 Å². The van der Waals surface area contributed by atoms with Gasteiger partial charge in [-0.05, 0) is 30.7 Å². The van der Waals surface area contributed by atoms with E-state index in [1.165, 1.54) is 36.4 Å². The summed E-state index contributed by atoms with van der Waals surface area (Å²) in [4.78, 5) is 35.9. The van der Waals surface area contributed by atoms with E-state index < -0.39 is 23.9 Å². The summed E-state index contributed by atoms with van der Waals surface area (Å²) in [6.07, 6.45) is 7.59. The molecule has 0 bridgehead atoms. The fourth-order valence-corrected chi connectivity index (χ4v) is 1.83. The molecule has 106 valence electrons. The zero-order valence-electron chi connectivity index (χ0n) is 11.4. The Morgan fingerprint density at radius 2 is 1.81 bits per heavy atom. The first-order chi connectivity index (χ1) is 10.1. The number of esters is 1. The highest BCUT2D eigenvalue weighted by atomic mass is 16.5. The van der Waals surface area contributed by atoms with Gasteiger partial charge in [0, 0.05) is 12.2 Å². The minimum Gasteiger partial charge on any atom is -0.446 e. The molecule has 1 aromatic carbocycles. The molecule has 0 aliphatic carbocycles. The van der Waals surface area contributed by atoms with Gasteiger partial charge in [0.15, 0.2) is 6.10 Å². The number of anilines is 1. The molecule has 0 fully saturated rings. The first-order valence-electron chi connectivity index (χ1n) is 6.40. The molecule has 0 saturated carbocycles. The lowest BCUT2D eigenvalue weighted by atomic mass is 10.2. The van der Waals surface area contributed by atoms with Crippen LogP contribution in [0.3, 0.4) is 0 Å². The van der Waals surface area contributed by atoms with E-state index in [1.54, 1.807) is 0 Å². The molecule has 1 aromatic rings. The number of imide groups is 1. The van der Waals surface area contributed by atoms with Crippen LogP contribution in [0.5, 0.6) is 0 Å². The molecule has 0 aromatic heterocycles. The lowest BCUT2D eigenvalue weighted by molar-refractivity contribution is -0.119. The molecule has 0 spiro atoms. The van der Waals surface area contributed by atoms with Gasteiger partial charge in [0.25, 0.3) is 11.8 Å². The Bertz CT molecular complexity index is 634. The molecule has 2 rings (SSSR count). The zero-order valence-corrected chi connectivity index (χ0v) is 11.4. The molecule has 21 heavy (non-hydrogen) atoms. The molecule has 1 atom stereocenters. The van der Waals surface area contributed by atoms with Gasteiger partial charge >= 0.3 is 5.97 Å². The summed E-state index contributed by atoms with van der Waals surface area (Å²) < 4.78 is 5.11. The zero-order chi connectivity index (χ0) is 15.4. The van der Waals surface area contributed by atoms with Crippen LogP contribution >= 0.6 is 0 Å². The van der Waals surface area contributed by atoms with E-state index in [-0.39, 0.29) is 0 Å². The molecule has 0 radical (unpaired) electrons. The Labute approximate surface area is 122 Å². The van der Waals surface area contributed by atoms with Crippen molar-refractivity contribution in [1.82, 2.24) is 0 Å². The molecule has 1 heterocycles. The predicted octanol–water partition coefficient (Wildman–Crippen LogP) is 1.68. The van der Waals surface area contributed by atoms with Crippen molar-refractivity contribution >= 4 is 23.5 Å². The number of benzene rings is 1. The van der Waals surface area contributed by atoms with Crippen molar-refractivity contribution in [3.05, 3.63) is 42.0 Å². The van der Waals surface area contributed by atoms with Crippen LogP contribution in [0, 0.1) is 12.3 Å². The van der Waals surface area contributed by atoms with Crippen molar-refractivity contribution in [2.45, 2.75) is 19.4 Å². The standard InChI is InChI=1S/C16H13NO4/c1-3-13(4-2)21-16(20)11-5-7-12(8-6-11)17-14(18)9-10-15(17)19/h1,5-10,13H,4H2,2H3. The van der Waals surface area contributed by atoms with Gasteiger partial charge in [-0.2, -0.15) is 0 Å². The topological polar surface area (TPSA) is 63.7 Å². The van der Waals surface area contributed by atoms with Crippen molar-refractivity contribution in [1.29, 1.82) is 0 Å². The second-order valence-corrected chi connectivity index (χ2v) is 4.36. The molecule has 1 aliphatic heterocycles. The number of hydrogen-bond donors (Lipinski definition) is 0. The number of nitrogens with zero attached hydrogens (tertiary/aromatic N) is 1. The molecule has 5 heteroatoms. The van der Waals surface area contributed by atoms with Crippen molar-refractivity contribution in [3.63, 3.8) is 0 Å². The van der Waals surface area contributed by atoms with E-state index in [0.717, 1.165) is 4.90 Å². The summed E-state index contributed by atoms with van der Waals surface area (Å²) in [5, 5.41) is 0. The smallest absolute Gasteiger partial charge is 0.339 e. The van der Waals surface area contributed by atoms with E-state index in [4.69, 9.17) is 11.2 Å². The maximum Gasteiger partial charge on any atom is 0.339 e. The van der Waals surface area contributed by atoms with Crippen molar-refractivity contribution in [2.75, 3.05) is 4.90 Å². The van der Waals surface area contributed by atoms with Gasteiger partial charge < -0.3 is 4.74 Å². The van der Waals surface area contributed by atoms with Gasteiger partial charge in [-0.1, -0.05) is 12.8 Å². The minimum atomic E-state index is -0.567. The third kappa shape index (κ3) is 3.00. The average molecular weight is 283 g/mol. The lowest BCUT2D eigenvalue weighted by Gasteiger charge is -2.14. The summed E-state index contributed by atoms with van der Waals surface area (Å²) in [5.74, 6) is 1.02. The molecule has 1 aliphatic rings. The van der Waals surface area contributed by atoms with Gasteiger partial charge in [0.05, 0.1) is 11.3 Å². The maximum absolute atomic E-state index is 11.9. The van der Waals surface area contributed by atoms with Crippen LogP contribution in [0.2, 0.25) is 0 Å². The molecule has 2 amide bonds. The number of carbonyl (C=O) groups excluding carboxylic acids is 3. The number of amides is 2. The Hall–Kier alpha value is -2.87. The van der Waals surface area contributed by atoms with Crippen molar-refractivity contribution in [2.24, 2.45) is 0 Å². The van der Waals surface area contributed by atoms with Crippen molar-refractivity contribution in [3.8, 4) is 12.3 Å². The van der Waals surface area contributed by atoms with Crippen molar-refractivity contribution < 1.29 is 19.1 Å². The lowest BCUT2D eigenvalue weighted by Crippen LogP contribution is -2.29. The highest BCUT2D eigenvalue weighted by Crippen LogP contribution is 2.20. The van der Waals surface area contributed by atoms with Crippen LogP contribution in [0.4, 0.5) is 5.69 Å². The van der Waals surface area contributed by atoms with Crippen LogP contribution in [0.15, 0.2) is 36.4 Å². The van der Waals surface area contributed by atoms with Gasteiger partial charge in [-0.25, -0.2) is 9.69 Å². The summed E-state index contributed by atoms with van der Waals surface area (Å²) in [7, 11) is 0. The Morgan fingerprint density at radius 1 is 1.24 bits per heavy atom. The highest BCUT2D eigenvalue weighted by molar-refractivity contribution is 6.28. The Morgan fingerprint density at radius 3 is 2.29 bits per heavy atom. The molecular formula is C16H13NO4. The van der Waals surface area contributed by atoms with Gasteiger partial charge in [0.2, 0.25) is 0 Å². The van der Waals surface area contributed by atoms with E-state index in [1.807, 2.05) is 6.92 Å². The van der Waals surface area contributed by atoms with E-state index in [0.29, 0.717) is 17.7 Å². The monoisotopic (exact) mass is 283 g/mol. The number of terminal acetylenes is 1. The van der Waals surface area contributed by atoms with Crippen LogP contribution in [-0.4, -0.2) is 23.9 Å². The van der Waals surface area contributed by atoms with E-state index in [2.05, 4.69) is 5.92 Å². The highest BCUT2D eigenvalue weighted by Gasteiger charge is 2.25. The van der Waals surface area contributed by atoms with Crippen LogP contribution in [0.25, 0.3) is 0 Å². The fraction of sp³-hybridized carbons (Fsp3) is 0.188. The van der Waals surface area contributed by atoms with E-state index in [9.17, 15) is 14.4 Å². The largest absolute Gasteiger partial charge is 0.446 e. The number of rotatable bonds is 4. The average Bonchev–Trinajstić information content (AvgIpc) is 2.84. The Balaban J connectivity index is 2.13. The second-order valence-electron chi connectivity index (χ2n) is 4.36. The fourth-order valence-electron chi connectivity index (χ4n) is 1.83. The minimum absolute atomic E-state index is 0.305. The van der Waals surface area contributed by atoms with Gasteiger partial charge in [-0.3, -0.25) is 9.59 Å². The SMILES string of the molecule is C#CC(CC)OC(=O)c1ccc(N2C(=O)C=CC2=O)cc1. The number of hydrogen-bond acceptors (Lipinski definition) is 4. The molecule has 0 saturated heterocycles. The molecule has 5 nitrogen and oxygen atoms in total. The quantitative estimate of drug-likeness (QED) is 0.479.